The molecule has 0 spiro atoms. The number of carbonyl (C=O) groups excluding carboxylic acids is 2. The van der Waals surface area contributed by atoms with Gasteiger partial charge >= 0.3 is 5.97 Å². The first kappa shape index (κ1) is 8.73. The lowest BCUT2D eigenvalue weighted by atomic mass is 9.92. The molecule has 72 valence electrons. The first-order valence-corrected chi connectivity index (χ1v) is 4.84. The summed E-state index contributed by atoms with van der Waals surface area (Å²) in [6.45, 7) is 0. The van der Waals surface area contributed by atoms with Crippen LogP contribution >= 0.6 is 0 Å². The van der Waals surface area contributed by atoms with Gasteiger partial charge in [0.2, 0.25) is 0 Å². The maximum absolute atomic E-state index is 11.4. The highest BCUT2D eigenvalue weighted by atomic mass is 16.5. The zero-order chi connectivity index (χ0) is 9.42. The summed E-state index contributed by atoms with van der Waals surface area (Å²) in [6.07, 6.45) is 3.29. The molecule has 2 saturated carbocycles. The van der Waals surface area contributed by atoms with Crippen molar-refractivity contribution in [1.29, 1.82) is 0 Å². The summed E-state index contributed by atoms with van der Waals surface area (Å²) in [6, 6.07) is 0. The van der Waals surface area contributed by atoms with Crippen molar-refractivity contribution in [2.75, 3.05) is 7.11 Å². The predicted octanol–water partition coefficient (Wildman–Crippen LogP) is 1.16. The Kier molecular flexibility index (Phi) is 2.10. The Morgan fingerprint density at radius 3 is 2.85 bits per heavy atom. The quantitative estimate of drug-likeness (QED) is 0.571. The van der Waals surface area contributed by atoms with Gasteiger partial charge in [-0.25, -0.2) is 0 Å². The molecular weight excluding hydrogens is 168 g/mol. The molecule has 0 aliphatic heterocycles. The number of Topliss-reactive ketones (excluding diaryl/α,β-unsaturated/α-hetero) is 1. The van der Waals surface area contributed by atoms with Crippen LogP contribution in [-0.4, -0.2) is 18.9 Å². The molecular formula is C10H14O3. The molecule has 0 bridgehead atoms. The van der Waals surface area contributed by atoms with Crippen LogP contribution in [0.3, 0.4) is 0 Å². The first-order valence-electron chi connectivity index (χ1n) is 4.84. The van der Waals surface area contributed by atoms with Crippen molar-refractivity contribution in [3.8, 4) is 0 Å². The van der Waals surface area contributed by atoms with Crippen LogP contribution in [0.25, 0.3) is 0 Å². The molecule has 2 aliphatic carbocycles. The van der Waals surface area contributed by atoms with Crippen LogP contribution in [-0.2, 0) is 14.3 Å². The third-order valence-electron chi connectivity index (χ3n) is 3.46. The minimum atomic E-state index is -0.123. The predicted molar refractivity (Wildman–Crippen MR) is 46.0 cm³/mol. The maximum Gasteiger partial charge on any atom is 0.308 e. The normalized spacial score (nSPS) is 37.6. The number of carbonyl (C=O) groups is 2. The molecule has 0 aromatic carbocycles. The van der Waals surface area contributed by atoms with E-state index in [-0.39, 0.29) is 17.8 Å². The molecule has 3 atom stereocenters. The molecule has 13 heavy (non-hydrogen) atoms. The van der Waals surface area contributed by atoms with Crippen LogP contribution in [0, 0.1) is 17.8 Å². The van der Waals surface area contributed by atoms with E-state index >= 15 is 0 Å². The Hall–Kier alpha value is -0.860. The van der Waals surface area contributed by atoms with Crippen molar-refractivity contribution in [3.05, 3.63) is 0 Å². The highest BCUT2D eigenvalue weighted by Crippen LogP contribution is 2.45. The van der Waals surface area contributed by atoms with Gasteiger partial charge in [-0.05, 0) is 25.2 Å². The van der Waals surface area contributed by atoms with Gasteiger partial charge in [0.1, 0.15) is 5.78 Å². The van der Waals surface area contributed by atoms with Gasteiger partial charge in [0.05, 0.1) is 13.0 Å². The number of rotatable bonds is 1. The third-order valence-corrected chi connectivity index (χ3v) is 3.46. The topological polar surface area (TPSA) is 43.4 Å². The van der Waals surface area contributed by atoms with E-state index in [1.165, 1.54) is 7.11 Å². The van der Waals surface area contributed by atoms with E-state index in [2.05, 4.69) is 0 Å². The second-order valence-corrected chi connectivity index (χ2v) is 3.98. The second-order valence-electron chi connectivity index (χ2n) is 3.98. The Morgan fingerprint density at radius 2 is 2.15 bits per heavy atom. The average molecular weight is 182 g/mol. The average Bonchev–Trinajstić information content (AvgIpc) is 2.68. The molecule has 0 aromatic heterocycles. The minimum Gasteiger partial charge on any atom is -0.469 e. The van der Waals surface area contributed by atoms with E-state index in [1.807, 2.05) is 0 Å². The van der Waals surface area contributed by atoms with Crippen molar-refractivity contribution in [2.24, 2.45) is 17.8 Å². The molecule has 0 aromatic rings. The summed E-state index contributed by atoms with van der Waals surface area (Å²) in [4.78, 5) is 22.7. The zero-order valence-electron chi connectivity index (χ0n) is 7.79. The monoisotopic (exact) mass is 182 g/mol. The highest BCUT2D eigenvalue weighted by Gasteiger charge is 2.47. The number of hydrogen-bond donors (Lipinski definition) is 0. The van der Waals surface area contributed by atoms with Crippen molar-refractivity contribution in [2.45, 2.75) is 25.7 Å². The van der Waals surface area contributed by atoms with E-state index in [0.29, 0.717) is 18.1 Å². The molecule has 0 heterocycles. The van der Waals surface area contributed by atoms with Crippen molar-refractivity contribution >= 4 is 11.8 Å². The van der Waals surface area contributed by atoms with Gasteiger partial charge in [-0.1, -0.05) is 0 Å². The lowest BCUT2D eigenvalue weighted by Gasteiger charge is -2.14. The fraction of sp³-hybridized carbons (Fsp3) is 0.800. The molecule has 3 heteroatoms. The Bertz CT molecular complexity index is 247. The van der Waals surface area contributed by atoms with E-state index in [1.54, 1.807) is 0 Å². The molecule has 3 nitrogen and oxygen atoms in total. The summed E-state index contributed by atoms with van der Waals surface area (Å²) in [7, 11) is 1.42. The van der Waals surface area contributed by atoms with Gasteiger partial charge in [-0.2, -0.15) is 0 Å². The lowest BCUT2D eigenvalue weighted by Crippen LogP contribution is -2.21. The number of ether oxygens (including phenoxy) is 1. The van der Waals surface area contributed by atoms with Gasteiger partial charge in [-0.15, -0.1) is 0 Å². The summed E-state index contributed by atoms with van der Waals surface area (Å²) in [5.41, 5.74) is 0. The molecule has 0 unspecified atom stereocenters. The molecule has 2 rings (SSSR count). The highest BCUT2D eigenvalue weighted by molar-refractivity contribution is 5.86. The van der Waals surface area contributed by atoms with Crippen LogP contribution in [0.4, 0.5) is 0 Å². The molecule has 2 fully saturated rings. The number of hydrogen-bond acceptors (Lipinski definition) is 3. The second kappa shape index (κ2) is 3.13. The van der Waals surface area contributed by atoms with Gasteiger partial charge in [0.15, 0.2) is 0 Å². The number of methoxy groups -OCH3 is 1. The van der Waals surface area contributed by atoms with Crippen molar-refractivity contribution in [1.82, 2.24) is 0 Å². The minimum absolute atomic E-state index is 0.00134. The van der Waals surface area contributed by atoms with Gasteiger partial charge < -0.3 is 4.74 Å². The van der Waals surface area contributed by atoms with Crippen LogP contribution in [0.15, 0.2) is 0 Å². The molecule has 0 amide bonds. The Morgan fingerprint density at radius 1 is 1.38 bits per heavy atom. The fourth-order valence-electron chi connectivity index (χ4n) is 2.81. The molecule has 0 N–H and O–H groups in total. The van der Waals surface area contributed by atoms with E-state index in [0.717, 1.165) is 19.3 Å². The molecule has 0 saturated heterocycles. The maximum atomic E-state index is 11.4. The van der Waals surface area contributed by atoms with Crippen LogP contribution < -0.4 is 0 Å². The van der Waals surface area contributed by atoms with Gasteiger partial charge in [-0.3, -0.25) is 9.59 Å². The van der Waals surface area contributed by atoms with Crippen molar-refractivity contribution in [3.63, 3.8) is 0 Å². The van der Waals surface area contributed by atoms with Crippen molar-refractivity contribution < 1.29 is 14.3 Å². The Balaban J connectivity index is 2.10. The molecule has 0 radical (unpaired) electrons. The van der Waals surface area contributed by atoms with E-state index in [4.69, 9.17) is 4.74 Å². The summed E-state index contributed by atoms with van der Waals surface area (Å²) in [5, 5.41) is 0. The van der Waals surface area contributed by atoms with Crippen LogP contribution in [0.5, 0.6) is 0 Å². The van der Waals surface area contributed by atoms with Crippen LogP contribution in [0.2, 0.25) is 0 Å². The number of fused-ring (bicyclic) bond motifs is 1. The fourth-order valence-corrected chi connectivity index (χ4v) is 2.81. The number of ketones is 1. The van der Waals surface area contributed by atoms with E-state index in [9.17, 15) is 9.59 Å². The van der Waals surface area contributed by atoms with E-state index < -0.39 is 0 Å². The standard InChI is InChI=1S/C10H14O3/c1-13-10(12)8-3-2-7-6(8)4-5-9(7)11/h6-8H,2-5H2,1H3/t6-,7-,8-/m0/s1. The van der Waals surface area contributed by atoms with Gasteiger partial charge in [0, 0.05) is 12.3 Å². The Labute approximate surface area is 77.4 Å². The SMILES string of the molecule is COC(=O)[C@H]1CC[C@@H]2C(=O)CC[C@@H]21. The zero-order valence-corrected chi connectivity index (χ0v) is 7.79. The first-order chi connectivity index (χ1) is 6.24. The number of esters is 1. The summed E-state index contributed by atoms with van der Waals surface area (Å²) in [5.74, 6) is 0.698. The summed E-state index contributed by atoms with van der Waals surface area (Å²) < 4.78 is 4.73. The third kappa shape index (κ3) is 1.26. The largest absolute Gasteiger partial charge is 0.469 e. The molecule has 2 aliphatic rings. The smallest absolute Gasteiger partial charge is 0.308 e. The van der Waals surface area contributed by atoms with Crippen LogP contribution in [0.1, 0.15) is 25.7 Å². The van der Waals surface area contributed by atoms with Gasteiger partial charge in [0.25, 0.3) is 0 Å². The summed E-state index contributed by atoms with van der Waals surface area (Å²) >= 11 is 0. The lowest BCUT2D eigenvalue weighted by molar-refractivity contribution is -0.146.